The Morgan fingerprint density at radius 1 is 0.931 bits per heavy atom. The van der Waals surface area contributed by atoms with Gasteiger partial charge < -0.3 is 10.6 Å². The number of nitrogens with one attached hydrogen (secondary N) is 2. The number of hydrogen-bond acceptors (Lipinski definition) is 3. The van der Waals surface area contributed by atoms with Gasteiger partial charge in [-0.2, -0.15) is 0 Å². The summed E-state index contributed by atoms with van der Waals surface area (Å²) in [5, 5.41) is 5.81. The van der Waals surface area contributed by atoms with E-state index in [0.717, 1.165) is 53.1 Å². The summed E-state index contributed by atoms with van der Waals surface area (Å²) >= 11 is 1.49. The molecule has 2 aromatic rings. The van der Waals surface area contributed by atoms with Crippen molar-refractivity contribution < 1.29 is 9.59 Å². The van der Waals surface area contributed by atoms with Gasteiger partial charge in [-0.3, -0.25) is 9.59 Å². The summed E-state index contributed by atoms with van der Waals surface area (Å²) < 4.78 is 0. The summed E-state index contributed by atoms with van der Waals surface area (Å²) in [5.74, 6) is 0.214. The van der Waals surface area contributed by atoms with E-state index < -0.39 is 0 Å². The first-order valence-corrected chi connectivity index (χ1v) is 11.3. The first kappa shape index (κ1) is 21.4. The van der Waals surface area contributed by atoms with Crippen LogP contribution >= 0.6 is 11.8 Å². The molecular weight excluding hydrogens is 380 g/mol. The van der Waals surface area contributed by atoms with Crippen molar-refractivity contribution in [2.45, 2.75) is 63.0 Å². The number of rotatable bonds is 6. The van der Waals surface area contributed by atoms with E-state index in [4.69, 9.17) is 0 Å². The monoisotopic (exact) mass is 410 g/mol. The molecule has 154 valence electrons. The van der Waals surface area contributed by atoms with Crippen molar-refractivity contribution in [2.75, 3.05) is 10.6 Å². The van der Waals surface area contributed by atoms with Crippen molar-refractivity contribution in [1.29, 1.82) is 0 Å². The predicted octanol–water partition coefficient (Wildman–Crippen LogP) is 5.94. The number of amides is 2. The first-order valence-electron chi connectivity index (χ1n) is 10.4. The van der Waals surface area contributed by atoms with Crippen LogP contribution < -0.4 is 10.6 Å². The average molecular weight is 411 g/mol. The lowest BCUT2D eigenvalue weighted by molar-refractivity contribution is -0.120. The molecule has 1 atom stereocenters. The summed E-state index contributed by atoms with van der Waals surface area (Å²) in [6.07, 6.45) is 5.48. The second-order valence-corrected chi connectivity index (χ2v) is 9.39. The molecule has 0 aliphatic heterocycles. The topological polar surface area (TPSA) is 58.2 Å². The number of benzene rings is 2. The number of hydrogen-bond donors (Lipinski definition) is 2. The Kier molecular flexibility index (Phi) is 7.37. The molecule has 0 radical (unpaired) electrons. The fourth-order valence-corrected chi connectivity index (χ4v) is 4.73. The van der Waals surface area contributed by atoms with E-state index in [0.29, 0.717) is 0 Å². The molecule has 5 heteroatoms. The zero-order valence-electron chi connectivity index (χ0n) is 17.5. The lowest BCUT2D eigenvalue weighted by Gasteiger charge is -2.21. The van der Waals surface area contributed by atoms with Crippen LogP contribution in [-0.2, 0) is 9.59 Å². The van der Waals surface area contributed by atoms with E-state index in [9.17, 15) is 9.59 Å². The predicted molar refractivity (Wildman–Crippen MR) is 122 cm³/mol. The third-order valence-electron chi connectivity index (χ3n) is 5.25. The molecule has 3 rings (SSSR count). The van der Waals surface area contributed by atoms with Crippen molar-refractivity contribution in [3.63, 3.8) is 0 Å². The van der Waals surface area contributed by atoms with Crippen LogP contribution in [0.15, 0.2) is 47.4 Å². The van der Waals surface area contributed by atoms with E-state index in [2.05, 4.69) is 16.7 Å². The van der Waals surface area contributed by atoms with Crippen LogP contribution in [0.4, 0.5) is 11.4 Å². The Balaban J connectivity index is 1.58. The van der Waals surface area contributed by atoms with Crippen LogP contribution in [0.25, 0.3) is 0 Å². The van der Waals surface area contributed by atoms with Crippen molar-refractivity contribution in [1.82, 2.24) is 0 Å². The molecule has 2 N–H and O–H groups in total. The average Bonchev–Trinajstić information content (AvgIpc) is 2.68. The fourth-order valence-electron chi connectivity index (χ4n) is 3.80. The van der Waals surface area contributed by atoms with Gasteiger partial charge in [-0.05, 0) is 75.1 Å². The van der Waals surface area contributed by atoms with Gasteiger partial charge in [0.2, 0.25) is 11.8 Å². The Hall–Kier alpha value is -2.27. The van der Waals surface area contributed by atoms with Gasteiger partial charge in [0.25, 0.3) is 0 Å². The quantitative estimate of drug-likeness (QED) is 0.579. The van der Waals surface area contributed by atoms with E-state index >= 15 is 0 Å². The number of carbonyl (C=O) groups excluding carboxylic acids is 2. The maximum atomic E-state index is 12.6. The maximum absolute atomic E-state index is 12.6. The lowest BCUT2D eigenvalue weighted by atomic mass is 9.88. The van der Waals surface area contributed by atoms with Gasteiger partial charge in [-0.1, -0.05) is 31.4 Å². The van der Waals surface area contributed by atoms with Crippen LogP contribution in [0.1, 0.15) is 50.2 Å². The molecule has 1 unspecified atom stereocenters. The highest BCUT2D eigenvalue weighted by atomic mass is 32.2. The van der Waals surface area contributed by atoms with Crippen molar-refractivity contribution in [3.05, 3.63) is 53.6 Å². The number of carbonyl (C=O) groups is 2. The third kappa shape index (κ3) is 6.36. The van der Waals surface area contributed by atoms with Crippen LogP contribution in [0.3, 0.4) is 0 Å². The highest BCUT2D eigenvalue weighted by Gasteiger charge is 2.21. The largest absolute Gasteiger partial charge is 0.326 e. The van der Waals surface area contributed by atoms with E-state index in [1.807, 2.05) is 57.2 Å². The minimum absolute atomic E-state index is 0.0309. The molecular formula is C24H30N2O2S. The van der Waals surface area contributed by atoms with Crippen molar-refractivity contribution in [2.24, 2.45) is 5.92 Å². The molecule has 4 nitrogen and oxygen atoms in total. The molecule has 0 heterocycles. The number of anilines is 2. The molecule has 2 aromatic carbocycles. The molecule has 0 bridgehead atoms. The molecule has 1 aliphatic rings. The van der Waals surface area contributed by atoms with Crippen molar-refractivity contribution in [3.8, 4) is 0 Å². The molecule has 1 aliphatic carbocycles. The van der Waals surface area contributed by atoms with Gasteiger partial charge in [0.15, 0.2) is 0 Å². The Bertz CT molecular complexity index is 855. The zero-order chi connectivity index (χ0) is 20.8. The minimum Gasteiger partial charge on any atom is -0.326 e. The SMILES string of the molecule is Cc1cc(C)cc(NC(=O)C(C)Sc2cccc(NC(=O)C3CCCCC3)c2)c1. The molecule has 0 saturated heterocycles. The Morgan fingerprint density at radius 2 is 1.62 bits per heavy atom. The summed E-state index contributed by atoms with van der Waals surface area (Å²) in [6.45, 7) is 5.94. The van der Waals surface area contributed by atoms with E-state index in [-0.39, 0.29) is 23.0 Å². The van der Waals surface area contributed by atoms with Gasteiger partial charge >= 0.3 is 0 Å². The minimum atomic E-state index is -0.250. The second kappa shape index (κ2) is 9.97. The van der Waals surface area contributed by atoms with Crippen LogP contribution in [-0.4, -0.2) is 17.1 Å². The standard InChI is InChI=1S/C24H30N2O2S/c1-16-12-17(2)14-21(13-16)26-23(27)18(3)29-22-11-7-10-20(15-22)25-24(28)19-8-5-4-6-9-19/h7,10-15,18-19H,4-6,8-9H2,1-3H3,(H,25,28)(H,26,27). The fraction of sp³-hybridized carbons (Fsp3) is 0.417. The van der Waals surface area contributed by atoms with Crippen LogP contribution in [0.2, 0.25) is 0 Å². The van der Waals surface area contributed by atoms with Gasteiger partial charge in [0.05, 0.1) is 5.25 Å². The first-order chi connectivity index (χ1) is 13.9. The summed E-state index contributed by atoms with van der Waals surface area (Å²) in [4.78, 5) is 26.1. The number of thioether (sulfide) groups is 1. The normalized spacial score (nSPS) is 15.6. The summed E-state index contributed by atoms with van der Waals surface area (Å²) in [7, 11) is 0. The molecule has 29 heavy (non-hydrogen) atoms. The van der Waals surface area contributed by atoms with Gasteiger partial charge in [0.1, 0.15) is 0 Å². The van der Waals surface area contributed by atoms with Crippen LogP contribution in [0.5, 0.6) is 0 Å². The molecule has 0 aromatic heterocycles. The summed E-state index contributed by atoms with van der Waals surface area (Å²) in [6, 6.07) is 13.8. The van der Waals surface area contributed by atoms with Crippen molar-refractivity contribution >= 4 is 35.0 Å². The van der Waals surface area contributed by atoms with E-state index in [1.165, 1.54) is 18.2 Å². The molecule has 2 amide bonds. The molecule has 1 fully saturated rings. The van der Waals surface area contributed by atoms with Gasteiger partial charge in [0, 0.05) is 22.2 Å². The maximum Gasteiger partial charge on any atom is 0.237 e. The van der Waals surface area contributed by atoms with Gasteiger partial charge in [-0.25, -0.2) is 0 Å². The molecule has 1 saturated carbocycles. The highest BCUT2D eigenvalue weighted by molar-refractivity contribution is 8.00. The summed E-state index contributed by atoms with van der Waals surface area (Å²) in [5.41, 5.74) is 3.88. The highest BCUT2D eigenvalue weighted by Crippen LogP contribution is 2.28. The smallest absolute Gasteiger partial charge is 0.237 e. The Labute approximate surface area is 177 Å². The van der Waals surface area contributed by atoms with E-state index in [1.54, 1.807) is 0 Å². The van der Waals surface area contributed by atoms with Crippen LogP contribution in [0, 0.1) is 19.8 Å². The Morgan fingerprint density at radius 3 is 2.31 bits per heavy atom. The second-order valence-electron chi connectivity index (χ2n) is 7.98. The number of aryl methyl sites for hydroxylation is 2. The van der Waals surface area contributed by atoms with Gasteiger partial charge in [-0.15, -0.1) is 11.8 Å². The lowest BCUT2D eigenvalue weighted by Crippen LogP contribution is -2.24. The third-order valence-corrected chi connectivity index (χ3v) is 6.34. The zero-order valence-corrected chi connectivity index (χ0v) is 18.3. The molecule has 0 spiro atoms.